The van der Waals surface area contributed by atoms with Gasteiger partial charge in [-0.3, -0.25) is 4.99 Å². The minimum absolute atomic E-state index is 0.0301. The summed E-state index contributed by atoms with van der Waals surface area (Å²) in [5.41, 5.74) is 5.01. The van der Waals surface area contributed by atoms with Gasteiger partial charge < -0.3 is 10.6 Å². The van der Waals surface area contributed by atoms with Crippen molar-refractivity contribution in [2.45, 2.75) is 20.3 Å². The molecule has 1 aromatic carbocycles. The molecular weight excluding hydrogens is 347 g/mol. The predicted molar refractivity (Wildman–Crippen MR) is 93.0 cm³/mol. The van der Waals surface area contributed by atoms with Crippen molar-refractivity contribution in [3.05, 3.63) is 59.6 Å². The molecule has 0 fully saturated rings. The first kappa shape index (κ1) is 19.3. The summed E-state index contributed by atoms with van der Waals surface area (Å²) < 4.78 is 40.8. The average molecular weight is 365 g/mol. The summed E-state index contributed by atoms with van der Waals surface area (Å²) in [6.07, 6.45) is 4.31. The number of anilines is 1. The maximum Gasteiger partial charge on any atom is 0.377 e. The highest BCUT2D eigenvalue weighted by molar-refractivity contribution is 5.99. The Labute approximate surface area is 148 Å². The fourth-order valence-corrected chi connectivity index (χ4v) is 2.53. The number of nitrogen functional groups attached to an aromatic ring is 1. The normalized spacial score (nSPS) is 16.8. The van der Waals surface area contributed by atoms with Gasteiger partial charge in [0, 0.05) is 16.9 Å². The van der Waals surface area contributed by atoms with Crippen LogP contribution in [0, 0.1) is 17.6 Å². The molecule has 1 aliphatic heterocycles. The predicted octanol–water partition coefficient (Wildman–Crippen LogP) is 4.10. The van der Waals surface area contributed by atoms with Gasteiger partial charge in [0.2, 0.25) is 0 Å². The van der Waals surface area contributed by atoms with Gasteiger partial charge in [-0.15, -0.1) is 0 Å². The van der Waals surface area contributed by atoms with E-state index in [4.69, 9.17) is 5.73 Å². The van der Waals surface area contributed by atoms with Crippen molar-refractivity contribution in [1.82, 2.24) is 4.90 Å². The standard InChI is InChI=1S/C18H18F3N3O2/c1-4-10(3)15(18(25)26-21)14-8-23-13(9-24(14)5-2)16-11(19)6-7-12(22)17(16)20/h5-10H,2,4,22H2,1,3H3/b15-14+. The van der Waals surface area contributed by atoms with Crippen LogP contribution in [0.25, 0.3) is 5.70 Å². The number of nitrogens with zero attached hydrogens (tertiary/aromatic N) is 2. The molecule has 2 rings (SSSR count). The molecular formula is C18H18F3N3O2. The van der Waals surface area contributed by atoms with Crippen LogP contribution in [0.4, 0.5) is 19.0 Å². The Bertz CT molecular complexity index is 831. The lowest BCUT2D eigenvalue weighted by atomic mass is 9.95. The van der Waals surface area contributed by atoms with Crippen molar-refractivity contribution >= 4 is 23.6 Å². The van der Waals surface area contributed by atoms with E-state index in [-0.39, 0.29) is 28.6 Å². The van der Waals surface area contributed by atoms with Crippen molar-refractivity contribution in [3.63, 3.8) is 0 Å². The van der Waals surface area contributed by atoms with Crippen LogP contribution in [0.1, 0.15) is 25.8 Å². The van der Waals surface area contributed by atoms with E-state index >= 15 is 0 Å². The Balaban J connectivity index is 2.60. The highest BCUT2D eigenvalue weighted by atomic mass is 19.3. The summed E-state index contributed by atoms with van der Waals surface area (Å²) in [6, 6.07) is 2.13. The molecule has 0 aliphatic carbocycles. The quantitative estimate of drug-likeness (QED) is 0.630. The summed E-state index contributed by atoms with van der Waals surface area (Å²) in [7, 11) is 0. The molecule has 0 bridgehead atoms. The molecule has 5 nitrogen and oxygen atoms in total. The second-order valence-corrected chi connectivity index (χ2v) is 5.66. The Morgan fingerprint density at radius 3 is 2.73 bits per heavy atom. The van der Waals surface area contributed by atoms with Crippen molar-refractivity contribution in [2.75, 3.05) is 5.73 Å². The number of nitrogens with two attached hydrogens (primary N) is 1. The van der Waals surface area contributed by atoms with E-state index in [0.29, 0.717) is 6.42 Å². The van der Waals surface area contributed by atoms with Crippen LogP contribution >= 0.6 is 0 Å². The summed E-state index contributed by atoms with van der Waals surface area (Å²) in [5.74, 6) is -3.30. The van der Waals surface area contributed by atoms with Crippen molar-refractivity contribution < 1.29 is 23.0 Å². The lowest BCUT2D eigenvalue weighted by Gasteiger charge is -2.25. The maximum absolute atomic E-state index is 14.2. The zero-order valence-electron chi connectivity index (χ0n) is 14.3. The molecule has 0 radical (unpaired) electrons. The number of benzene rings is 1. The summed E-state index contributed by atoms with van der Waals surface area (Å²) in [5, 5.41) is 0. The van der Waals surface area contributed by atoms with Crippen molar-refractivity contribution in [3.8, 4) is 0 Å². The van der Waals surface area contributed by atoms with Crippen LogP contribution in [0.3, 0.4) is 0 Å². The molecule has 0 saturated carbocycles. The van der Waals surface area contributed by atoms with E-state index in [2.05, 4.69) is 16.5 Å². The summed E-state index contributed by atoms with van der Waals surface area (Å²) >= 11 is 0. The molecule has 1 heterocycles. The molecule has 0 amide bonds. The van der Waals surface area contributed by atoms with Gasteiger partial charge in [0.05, 0.1) is 34.4 Å². The van der Waals surface area contributed by atoms with E-state index in [1.807, 2.05) is 6.92 Å². The van der Waals surface area contributed by atoms with Gasteiger partial charge in [-0.2, -0.15) is 0 Å². The first-order valence-electron chi connectivity index (χ1n) is 7.83. The van der Waals surface area contributed by atoms with Gasteiger partial charge in [-0.1, -0.05) is 20.4 Å². The average Bonchev–Trinajstić information content (AvgIpc) is 2.65. The molecule has 8 heteroatoms. The molecule has 1 atom stereocenters. The third kappa shape index (κ3) is 3.49. The fraction of sp³-hybridized carbons (Fsp3) is 0.222. The number of hydrogen-bond donors (Lipinski definition) is 1. The lowest BCUT2D eigenvalue weighted by Crippen LogP contribution is -2.23. The number of rotatable bonds is 5. The number of allylic oxidation sites excluding steroid dienone is 1. The van der Waals surface area contributed by atoms with E-state index in [9.17, 15) is 18.1 Å². The molecule has 1 unspecified atom stereocenters. The highest BCUT2D eigenvalue weighted by Crippen LogP contribution is 2.32. The van der Waals surface area contributed by atoms with E-state index in [1.54, 1.807) is 6.92 Å². The van der Waals surface area contributed by atoms with Crippen LogP contribution in [0.2, 0.25) is 0 Å². The van der Waals surface area contributed by atoms with Gasteiger partial charge in [0.1, 0.15) is 5.82 Å². The molecule has 1 aromatic rings. The fourth-order valence-electron chi connectivity index (χ4n) is 2.53. The van der Waals surface area contributed by atoms with E-state index in [1.165, 1.54) is 23.5 Å². The first-order valence-corrected chi connectivity index (χ1v) is 7.83. The molecule has 0 saturated heterocycles. The second-order valence-electron chi connectivity index (χ2n) is 5.66. The Hall–Kier alpha value is -3.03. The zero-order valence-corrected chi connectivity index (χ0v) is 14.3. The molecule has 26 heavy (non-hydrogen) atoms. The minimum Gasteiger partial charge on any atom is -0.396 e. The van der Waals surface area contributed by atoms with Gasteiger partial charge in [-0.25, -0.2) is 18.5 Å². The largest absolute Gasteiger partial charge is 0.396 e. The molecule has 1 aliphatic rings. The Kier molecular flexibility index (Phi) is 5.86. The second kappa shape index (κ2) is 7.90. The first-order chi connectivity index (χ1) is 12.3. The summed E-state index contributed by atoms with van der Waals surface area (Å²) in [4.78, 5) is 20.6. The third-order valence-corrected chi connectivity index (χ3v) is 4.11. The van der Waals surface area contributed by atoms with Gasteiger partial charge in [0.15, 0.2) is 5.82 Å². The Morgan fingerprint density at radius 2 is 2.15 bits per heavy atom. The van der Waals surface area contributed by atoms with Gasteiger partial charge >= 0.3 is 5.97 Å². The molecule has 0 aromatic heterocycles. The number of halogens is 3. The molecule has 138 valence electrons. The van der Waals surface area contributed by atoms with Crippen molar-refractivity contribution in [2.24, 2.45) is 10.9 Å². The maximum atomic E-state index is 14.2. The SMILES string of the molecule is C=CN1C=C(c2c(F)ccc(N)c2F)N=C/C1=C(\C(=O)OF)C(C)CC. The Morgan fingerprint density at radius 1 is 1.46 bits per heavy atom. The lowest BCUT2D eigenvalue weighted by molar-refractivity contribution is -0.179. The number of carbonyl (C=O) groups excluding carboxylic acids is 1. The molecule has 0 spiro atoms. The third-order valence-electron chi connectivity index (χ3n) is 4.11. The van der Waals surface area contributed by atoms with Crippen LogP contribution in [-0.4, -0.2) is 17.1 Å². The van der Waals surface area contributed by atoms with Crippen LogP contribution in [0.5, 0.6) is 0 Å². The van der Waals surface area contributed by atoms with Crippen LogP contribution < -0.4 is 5.73 Å². The van der Waals surface area contributed by atoms with Gasteiger partial charge in [0.25, 0.3) is 0 Å². The van der Waals surface area contributed by atoms with Crippen molar-refractivity contribution in [1.29, 1.82) is 0 Å². The van der Waals surface area contributed by atoms with E-state index in [0.717, 1.165) is 12.1 Å². The highest BCUT2D eigenvalue weighted by Gasteiger charge is 2.27. The number of hydrogen-bond acceptors (Lipinski definition) is 5. The smallest absolute Gasteiger partial charge is 0.377 e. The monoisotopic (exact) mass is 365 g/mol. The number of carbonyl (C=O) groups is 1. The van der Waals surface area contributed by atoms with Gasteiger partial charge in [-0.05, 0) is 24.5 Å². The topological polar surface area (TPSA) is 67.9 Å². The van der Waals surface area contributed by atoms with Crippen LogP contribution in [-0.2, 0) is 9.74 Å². The van der Waals surface area contributed by atoms with Crippen LogP contribution in [0.15, 0.2) is 47.4 Å². The zero-order chi connectivity index (χ0) is 19.4. The number of aliphatic imine (C=N–C) groups is 1. The molecule has 2 N–H and O–H groups in total. The minimum atomic E-state index is -1.16. The summed E-state index contributed by atoms with van der Waals surface area (Å²) in [6.45, 7) is 7.13. The van der Waals surface area contributed by atoms with E-state index < -0.39 is 23.2 Å².